The number of benzene rings is 3. The van der Waals surface area contributed by atoms with Gasteiger partial charge in [-0.05, 0) is 75.4 Å². The lowest BCUT2D eigenvalue weighted by Crippen LogP contribution is -2.54. The van der Waals surface area contributed by atoms with E-state index >= 15 is 0 Å². The maximum atomic E-state index is 14.4. The molecule has 3 aromatic rings. The van der Waals surface area contributed by atoms with Crippen LogP contribution in [0, 0.1) is 6.92 Å². The van der Waals surface area contributed by atoms with Crippen molar-refractivity contribution < 1.29 is 24.2 Å². The summed E-state index contributed by atoms with van der Waals surface area (Å²) in [6.45, 7) is 7.08. The monoisotopic (exact) mass is 577 g/mol. The summed E-state index contributed by atoms with van der Waals surface area (Å²) in [7, 11) is 0. The van der Waals surface area contributed by atoms with Crippen molar-refractivity contribution in [3.05, 3.63) is 94.5 Å². The van der Waals surface area contributed by atoms with Crippen LogP contribution in [0.15, 0.2) is 72.8 Å². The molecular weight excluding hydrogens is 542 g/mol. The van der Waals surface area contributed by atoms with Crippen molar-refractivity contribution in [2.24, 2.45) is 0 Å². The van der Waals surface area contributed by atoms with Gasteiger partial charge in [0.25, 0.3) is 5.91 Å². The molecule has 4 rings (SSSR count). The summed E-state index contributed by atoms with van der Waals surface area (Å²) in [5, 5.41) is 16.0. The molecule has 9 heteroatoms. The molecule has 3 amide bonds. The number of alkyl carbamates (subject to hydrolysis) is 1. The van der Waals surface area contributed by atoms with Crippen molar-refractivity contribution >= 4 is 35.2 Å². The van der Waals surface area contributed by atoms with Gasteiger partial charge in [0.15, 0.2) is 0 Å². The average Bonchev–Trinajstić information content (AvgIpc) is 3.74. The second kappa shape index (κ2) is 12.6. The van der Waals surface area contributed by atoms with Gasteiger partial charge in [0, 0.05) is 12.5 Å². The minimum Gasteiger partial charge on any atom is -0.508 e. The number of aryl methyl sites for hydroxylation is 1. The topological polar surface area (TPSA) is 108 Å². The third-order valence-corrected chi connectivity index (χ3v) is 6.99. The Balaban J connectivity index is 1.73. The molecule has 1 aliphatic carbocycles. The maximum Gasteiger partial charge on any atom is 0.408 e. The molecule has 1 aliphatic rings. The summed E-state index contributed by atoms with van der Waals surface area (Å²) < 4.78 is 5.48. The fraction of sp³-hybridized carbons (Fsp3) is 0.344. The number of hydrogen-bond donors (Lipinski definition) is 3. The Kier molecular flexibility index (Phi) is 9.23. The number of carbonyl (C=O) groups excluding carboxylic acids is 3. The number of halogens is 1. The van der Waals surface area contributed by atoms with Crippen LogP contribution in [-0.2, 0) is 20.7 Å². The van der Waals surface area contributed by atoms with Gasteiger partial charge in [-0.2, -0.15) is 0 Å². The molecule has 3 aromatic carbocycles. The molecule has 0 heterocycles. The van der Waals surface area contributed by atoms with E-state index in [1.807, 2.05) is 43.3 Å². The second-order valence-electron chi connectivity index (χ2n) is 11.3. The molecule has 0 spiro atoms. The van der Waals surface area contributed by atoms with Crippen LogP contribution in [-0.4, -0.2) is 45.6 Å². The van der Waals surface area contributed by atoms with E-state index < -0.39 is 35.6 Å². The van der Waals surface area contributed by atoms with Gasteiger partial charge in [0.2, 0.25) is 5.91 Å². The zero-order chi connectivity index (χ0) is 29.7. The lowest BCUT2D eigenvalue weighted by atomic mass is 9.99. The first-order chi connectivity index (χ1) is 19.4. The van der Waals surface area contributed by atoms with Gasteiger partial charge < -0.3 is 25.4 Å². The molecule has 0 saturated heterocycles. The number of nitrogens with one attached hydrogen (secondary N) is 2. The van der Waals surface area contributed by atoms with Crippen molar-refractivity contribution in [1.29, 1.82) is 0 Å². The molecule has 0 aromatic heterocycles. The van der Waals surface area contributed by atoms with Gasteiger partial charge in [-0.15, -0.1) is 0 Å². The number of ether oxygens (including phenoxy) is 1. The molecule has 2 atom stereocenters. The van der Waals surface area contributed by atoms with Gasteiger partial charge in [-0.3, -0.25) is 9.59 Å². The van der Waals surface area contributed by atoms with E-state index in [1.165, 1.54) is 12.1 Å². The van der Waals surface area contributed by atoms with Gasteiger partial charge >= 0.3 is 6.09 Å². The Morgan fingerprint density at radius 1 is 1.00 bits per heavy atom. The van der Waals surface area contributed by atoms with Crippen LogP contribution in [0.3, 0.4) is 0 Å². The highest BCUT2D eigenvalue weighted by Gasteiger charge is 2.44. The predicted octanol–water partition coefficient (Wildman–Crippen LogP) is 6.16. The van der Waals surface area contributed by atoms with Crippen molar-refractivity contribution in [2.45, 2.75) is 70.7 Å². The summed E-state index contributed by atoms with van der Waals surface area (Å²) >= 11 is 6.42. The van der Waals surface area contributed by atoms with Gasteiger partial charge in [0.1, 0.15) is 23.4 Å². The molecule has 8 nitrogen and oxygen atoms in total. The lowest BCUT2D eigenvalue weighted by Gasteiger charge is -2.35. The molecular formula is C32H36ClN3O5. The first kappa shape index (κ1) is 29.9. The van der Waals surface area contributed by atoms with E-state index in [-0.39, 0.29) is 18.2 Å². The zero-order valence-electron chi connectivity index (χ0n) is 23.7. The first-order valence-corrected chi connectivity index (χ1v) is 14.0. The Morgan fingerprint density at radius 2 is 1.66 bits per heavy atom. The third kappa shape index (κ3) is 8.01. The molecule has 0 aliphatic heterocycles. The summed E-state index contributed by atoms with van der Waals surface area (Å²) in [6, 6.07) is 18.6. The summed E-state index contributed by atoms with van der Waals surface area (Å²) in [6.07, 6.45) is 0.905. The van der Waals surface area contributed by atoms with E-state index in [2.05, 4.69) is 10.6 Å². The number of anilines is 1. The van der Waals surface area contributed by atoms with Crippen LogP contribution in [0.5, 0.6) is 5.75 Å². The number of hydrogen-bond acceptors (Lipinski definition) is 5. The largest absolute Gasteiger partial charge is 0.508 e. The Morgan fingerprint density at radius 3 is 2.24 bits per heavy atom. The van der Waals surface area contributed by atoms with E-state index in [1.54, 1.807) is 49.9 Å². The minimum atomic E-state index is -1.05. The SMILES string of the molecule is Cc1cccc(Cl)c1NC(=O)C(c1ccc(O)cc1)N(C(=O)C(Cc1ccccc1)NC(=O)OC(C)(C)C)C1CC1. The van der Waals surface area contributed by atoms with Crippen LogP contribution in [0.2, 0.25) is 5.02 Å². The summed E-state index contributed by atoms with van der Waals surface area (Å²) in [5.41, 5.74) is 1.82. The highest BCUT2D eigenvalue weighted by molar-refractivity contribution is 6.34. The lowest BCUT2D eigenvalue weighted by molar-refractivity contribution is -0.141. The highest BCUT2D eigenvalue weighted by Crippen LogP contribution is 2.37. The first-order valence-electron chi connectivity index (χ1n) is 13.6. The molecule has 0 radical (unpaired) electrons. The van der Waals surface area contributed by atoms with Gasteiger partial charge in [-0.1, -0.05) is 66.2 Å². The number of amides is 3. The van der Waals surface area contributed by atoms with Crippen LogP contribution in [0.25, 0.3) is 0 Å². The number of phenolic OH excluding ortho intramolecular Hbond substituents is 1. The number of rotatable bonds is 9. The van der Waals surface area contributed by atoms with Crippen LogP contribution < -0.4 is 10.6 Å². The Hall–Kier alpha value is -4.04. The smallest absolute Gasteiger partial charge is 0.408 e. The standard InChI is InChI=1S/C32H36ClN3O5/c1-20-9-8-12-25(33)27(20)35-29(38)28(22-13-17-24(37)18-14-22)36(23-15-16-23)30(39)26(19-21-10-6-5-7-11-21)34-31(40)41-32(2,3)4/h5-14,17-18,23,26,28,37H,15-16,19H2,1-4H3,(H,34,40)(H,35,38). The van der Waals surface area contributed by atoms with E-state index in [9.17, 15) is 19.5 Å². The molecule has 1 fully saturated rings. The Bertz CT molecular complexity index is 1360. The zero-order valence-corrected chi connectivity index (χ0v) is 24.4. The quantitative estimate of drug-likeness (QED) is 0.282. The fourth-order valence-electron chi connectivity index (χ4n) is 4.63. The number of carbonyl (C=O) groups is 3. The number of aromatic hydroxyl groups is 1. The van der Waals surface area contributed by atoms with E-state index in [0.717, 1.165) is 11.1 Å². The number of phenols is 1. The van der Waals surface area contributed by atoms with Crippen molar-refractivity contribution in [1.82, 2.24) is 10.2 Å². The molecule has 41 heavy (non-hydrogen) atoms. The third-order valence-electron chi connectivity index (χ3n) is 6.67. The summed E-state index contributed by atoms with van der Waals surface area (Å²) in [5.74, 6) is -0.832. The van der Waals surface area contributed by atoms with E-state index in [0.29, 0.717) is 29.1 Å². The van der Waals surface area contributed by atoms with Crippen molar-refractivity contribution in [3.8, 4) is 5.75 Å². The number of nitrogens with zero attached hydrogens (tertiary/aromatic N) is 1. The van der Waals surface area contributed by atoms with E-state index in [4.69, 9.17) is 16.3 Å². The van der Waals surface area contributed by atoms with Crippen molar-refractivity contribution in [2.75, 3.05) is 5.32 Å². The van der Waals surface area contributed by atoms with Crippen LogP contribution in [0.4, 0.5) is 10.5 Å². The second-order valence-corrected chi connectivity index (χ2v) is 11.7. The van der Waals surface area contributed by atoms with Crippen molar-refractivity contribution in [3.63, 3.8) is 0 Å². The van der Waals surface area contributed by atoms with Crippen LogP contribution in [0.1, 0.15) is 56.3 Å². The van der Waals surface area contributed by atoms with Gasteiger partial charge in [0.05, 0.1) is 10.7 Å². The fourth-order valence-corrected chi connectivity index (χ4v) is 4.90. The Labute approximate surface area is 245 Å². The molecule has 216 valence electrons. The number of para-hydroxylation sites is 1. The minimum absolute atomic E-state index is 0.0349. The molecule has 0 bridgehead atoms. The maximum absolute atomic E-state index is 14.4. The average molecular weight is 578 g/mol. The van der Waals surface area contributed by atoms with Gasteiger partial charge in [-0.25, -0.2) is 4.79 Å². The molecule has 3 N–H and O–H groups in total. The highest BCUT2D eigenvalue weighted by atomic mass is 35.5. The normalized spacial score (nSPS) is 14.5. The predicted molar refractivity (Wildman–Crippen MR) is 159 cm³/mol. The summed E-state index contributed by atoms with van der Waals surface area (Å²) in [4.78, 5) is 42.9. The molecule has 1 saturated carbocycles. The molecule has 2 unspecified atom stereocenters. The van der Waals surface area contributed by atoms with Crippen LogP contribution >= 0.6 is 11.6 Å².